The van der Waals surface area contributed by atoms with E-state index in [1.807, 2.05) is 0 Å². The summed E-state index contributed by atoms with van der Waals surface area (Å²) in [5, 5.41) is 0. The van der Waals surface area contributed by atoms with Gasteiger partial charge in [0.1, 0.15) is 0 Å². The Morgan fingerprint density at radius 1 is 1.80 bits per heavy atom. The first-order chi connectivity index (χ1) is 1.91. The molecule has 0 aromatic carbocycles. The lowest BCUT2D eigenvalue weighted by Gasteiger charge is -1.67. The largest absolute Gasteiger partial charge is 0.471 e. The predicted octanol–water partition coefficient (Wildman–Crippen LogP) is -1.13. The molecule has 2 nitrogen and oxygen atoms in total. The average molecular weight is 86.4 g/mol. The maximum absolute atomic E-state index is 8.95. The van der Waals surface area contributed by atoms with Crippen LogP contribution >= 0.6 is 0 Å². The third kappa shape index (κ3) is 13.9. The number of hydrogen-bond acceptors (Lipinski definition) is 2. The minimum Gasteiger partial charge on any atom is -0.471 e. The molecular formula is C2H6MgO2. The van der Waals surface area contributed by atoms with Crippen molar-refractivity contribution in [2.24, 2.45) is 0 Å². The van der Waals surface area contributed by atoms with Crippen LogP contribution in [0.4, 0.5) is 0 Å². The van der Waals surface area contributed by atoms with Gasteiger partial charge in [-0.05, 0) is 0 Å². The Labute approximate surface area is 46.6 Å². The zero-order chi connectivity index (χ0) is 3.41. The monoisotopic (exact) mass is 86.0 g/mol. The molecule has 0 fully saturated rings. The summed E-state index contributed by atoms with van der Waals surface area (Å²) in [4.78, 5) is 8.95. The molecule has 0 aromatic heterocycles. The van der Waals surface area contributed by atoms with E-state index in [2.05, 4.69) is 4.74 Å². The van der Waals surface area contributed by atoms with Crippen LogP contribution in [0.15, 0.2) is 0 Å². The molecule has 0 spiro atoms. The topological polar surface area (TPSA) is 26.3 Å². The van der Waals surface area contributed by atoms with Gasteiger partial charge in [0.25, 0.3) is 6.47 Å². The van der Waals surface area contributed by atoms with E-state index in [-0.39, 0.29) is 23.1 Å². The van der Waals surface area contributed by atoms with Crippen molar-refractivity contribution in [2.75, 3.05) is 7.11 Å². The highest BCUT2D eigenvalue weighted by Crippen LogP contribution is 1.35. The van der Waals surface area contributed by atoms with E-state index in [4.69, 9.17) is 4.79 Å². The van der Waals surface area contributed by atoms with Crippen LogP contribution in [0.2, 0.25) is 0 Å². The van der Waals surface area contributed by atoms with E-state index in [0.29, 0.717) is 6.47 Å². The summed E-state index contributed by atoms with van der Waals surface area (Å²) in [6.45, 7) is 0.375. The Bertz CT molecular complexity index is 21.6. The fourth-order valence-corrected chi connectivity index (χ4v) is 0. The molecule has 0 unspecified atom stereocenters. The maximum Gasteiger partial charge on any atom is 0.316 e. The molecular weight excluding hydrogens is 80.3 g/mol. The summed E-state index contributed by atoms with van der Waals surface area (Å²) in [7, 11) is 1.31. The van der Waals surface area contributed by atoms with E-state index in [1.165, 1.54) is 7.11 Å². The van der Waals surface area contributed by atoms with Crippen LogP contribution in [-0.4, -0.2) is 36.6 Å². The van der Waals surface area contributed by atoms with Crippen molar-refractivity contribution >= 4 is 29.5 Å². The number of carbonyl (C=O) groups excluding carboxylic acids is 1. The molecule has 0 bridgehead atoms. The third-order valence-electron chi connectivity index (χ3n) is 0.0962. The Balaban J connectivity index is 0. The van der Waals surface area contributed by atoms with Crippen molar-refractivity contribution in [3.8, 4) is 0 Å². The average Bonchev–Trinajstić information content (AvgIpc) is 1.37. The van der Waals surface area contributed by atoms with Crippen molar-refractivity contribution in [1.82, 2.24) is 0 Å². The highest BCUT2D eigenvalue weighted by molar-refractivity contribution is 5.75. The molecule has 0 saturated carbocycles. The van der Waals surface area contributed by atoms with Crippen molar-refractivity contribution < 1.29 is 9.53 Å². The first-order valence-electron chi connectivity index (χ1n) is 0.880. The van der Waals surface area contributed by atoms with E-state index in [9.17, 15) is 0 Å². The molecule has 0 atom stereocenters. The summed E-state index contributed by atoms with van der Waals surface area (Å²) in [6, 6.07) is 0. The number of carbonyl (C=O) groups is 1. The quantitative estimate of drug-likeness (QED) is 0.298. The van der Waals surface area contributed by atoms with Crippen molar-refractivity contribution in [3.63, 3.8) is 0 Å². The minimum atomic E-state index is 0. The van der Waals surface area contributed by atoms with Crippen LogP contribution in [0.5, 0.6) is 0 Å². The molecule has 0 heterocycles. The van der Waals surface area contributed by atoms with Crippen LogP contribution in [0.25, 0.3) is 0 Å². The van der Waals surface area contributed by atoms with Gasteiger partial charge in [-0.2, -0.15) is 0 Å². The van der Waals surface area contributed by atoms with Crippen molar-refractivity contribution in [1.29, 1.82) is 0 Å². The molecule has 5 heavy (non-hydrogen) atoms. The van der Waals surface area contributed by atoms with Gasteiger partial charge in [-0.25, -0.2) is 0 Å². The number of ether oxygens (including phenoxy) is 1. The molecule has 0 aromatic rings. The summed E-state index contributed by atoms with van der Waals surface area (Å²) >= 11 is 0. The van der Waals surface area contributed by atoms with Crippen LogP contribution in [0.3, 0.4) is 0 Å². The second kappa shape index (κ2) is 8.87. The molecule has 3 heteroatoms. The third-order valence-corrected chi connectivity index (χ3v) is 0.0962. The van der Waals surface area contributed by atoms with Gasteiger partial charge >= 0.3 is 23.1 Å². The van der Waals surface area contributed by atoms with Crippen LogP contribution in [0.1, 0.15) is 0 Å². The summed E-state index contributed by atoms with van der Waals surface area (Å²) in [6.07, 6.45) is 0. The van der Waals surface area contributed by atoms with Gasteiger partial charge in [0.05, 0.1) is 7.11 Å². The van der Waals surface area contributed by atoms with Gasteiger partial charge < -0.3 is 4.74 Å². The lowest BCUT2D eigenvalue weighted by molar-refractivity contribution is -0.126. The summed E-state index contributed by atoms with van der Waals surface area (Å²) in [5.41, 5.74) is 0. The summed E-state index contributed by atoms with van der Waals surface area (Å²) < 4.78 is 3.86. The van der Waals surface area contributed by atoms with Gasteiger partial charge in [0.2, 0.25) is 0 Å². The number of rotatable bonds is 1. The standard InChI is InChI=1S/C2H4O2.Mg.2H/c1-4-2-3;;;/h2H,1H3;;;. The van der Waals surface area contributed by atoms with Gasteiger partial charge in [-0.1, -0.05) is 0 Å². The zero-order valence-electron chi connectivity index (χ0n) is 2.39. The minimum absolute atomic E-state index is 0. The van der Waals surface area contributed by atoms with E-state index >= 15 is 0 Å². The molecule has 0 amide bonds. The molecule has 0 aliphatic rings. The smallest absolute Gasteiger partial charge is 0.316 e. The molecule has 0 aliphatic carbocycles. The number of hydrogen-bond donors (Lipinski definition) is 0. The normalized spacial score (nSPS) is 4.20. The Morgan fingerprint density at radius 2 is 2.00 bits per heavy atom. The van der Waals surface area contributed by atoms with E-state index < -0.39 is 0 Å². The SMILES string of the molecule is COC=O.[MgH2]. The molecule has 28 valence electrons. The van der Waals surface area contributed by atoms with E-state index in [1.54, 1.807) is 0 Å². The first kappa shape index (κ1) is 8.97. The van der Waals surface area contributed by atoms with Crippen LogP contribution in [-0.2, 0) is 9.53 Å². The second-order valence-electron chi connectivity index (χ2n) is 0.332. The highest BCUT2D eigenvalue weighted by Gasteiger charge is 1.44. The van der Waals surface area contributed by atoms with Gasteiger partial charge in [0, 0.05) is 0 Å². The second-order valence-corrected chi connectivity index (χ2v) is 0.332. The summed E-state index contributed by atoms with van der Waals surface area (Å²) in [5.74, 6) is 0. The van der Waals surface area contributed by atoms with E-state index in [0.717, 1.165) is 0 Å². The lowest BCUT2D eigenvalue weighted by Crippen LogP contribution is -1.68. The number of methoxy groups -OCH3 is 1. The van der Waals surface area contributed by atoms with Gasteiger partial charge in [-0.3, -0.25) is 4.79 Å². The highest BCUT2D eigenvalue weighted by atomic mass is 24.3. The van der Waals surface area contributed by atoms with Crippen LogP contribution < -0.4 is 0 Å². The van der Waals surface area contributed by atoms with Crippen molar-refractivity contribution in [2.45, 2.75) is 0 Å². The molecule has 0 rings (SSSR count). The zero-order valence-corrected chi connectivity index (χ0v) is 2.39. The molecule has 0 N–H and O–H groups in total. The maximum atomic E-state index is 8.95. The molecule has 0 radical (unpaired) electrons. The predicted molar refractivity (Wildman–Crippen MR) is 21.6 cm³/mol. The van der Waals surface area contributed by atoms with Crippen molar-refractivity contribution in [3.05, 3.63) is 0 Å². The fraction of sp³-hybridized carbons (Fsp3) is 0.500. The first-order valence-corrected chi connectivity index (χ1v) is 0.880. The van der Waals surface area contributed by atoms with Gasteiger partial charge in [-0.15, -0.1) is 0 Å². The molecule has 0 saturated heterocycles. The van der Waals surface area contributed by atoms with Crippen LogP contribution in [0, 0.1) is 0 Å². The molecule has 0 aliphatic heterocycles. The Hall–Kier alpha value is 0.236. The fourth-order valence-electron chi connectivity index (χ4n) is 0. The Morgan fingerprint density at radius 3 is 2.00 bits per heavy atom. The van der Waals surface area contributed by atoms with Gasteiger partial charge in [0.15, 0.2) is 0 Å². The Kier molecular flexibility index (Phi) is 15.9. The lowest BCUT2D eigenvalue weighted by atomic mass is 11.5.